The number of likely N-dealkylation sites (tertiary alicyclic amines) is 1. The fourth-order valence-electron chi connectivity index (χ4n) is 3.87. The van der Waals surface area contributed by atoms with Crippen molar-refractivity contribution in [2.75, 3.05) is 19.6 Å². The Bertz CT molecular complexity index is 849. The van der Waals surface area contributed by atoms with Gasteiger partial charge in [0.15, 0.2) is 0 Å². The molecule has 1 aromatic heterocycles. The molecule has 1 atom stereocenters. The van der Waals surface area contributed by atoms with Gasteiger partial charge in [-0.25, -0.2) is 4.68 Å². The molecule has 0 aliphatic carbocycles. The summed E-state index contributed by atoms with van der Waals surface area (Å²) in [6, 6.07) is 5.93. The highest BCUT2D eigenvalue weighted by Crippen LogP contribution is 2.27. The molecule has 1 aliphatic rings. The molecule has 5 nitrogen and oxygen atoms in total. The minimum absolute atomic E-state index is 0.0256. The van der Waals surface area contributed by atoms with E-state index in [1.807, 2.05) is 19.9 Å². The van der Waals surface area contributed by atoms with Gasteiger partial charge in [0, 0.05) is 35.4 Å². The van der Waals surface area contributed by atoms with Gasteiger partial charge in [-0.2, -0.15) is 5.10 Å². The minimum atomic E-state index is 0.0256. The number of benzene rings is 1. The number of halogens is 2. The summed E-state index contributed by atoms with van der Waals surface area (Å²) in [6.45, 7) is 8.87. The summed E-state index contributed by atoms with van der Waals surface area (Å²) < 4.78 is 1.78. The molecule has 3 rings (SSSR count). The van der Waals surface area contributed by atoms with E-state index in [0.29, 0.717) is 29.1 Å². The van der Waals surface area contributed by atoms with Gasteiger partial charge >= 0.3 is 0 Å². The summed E-state index contributed by atoms with van der Waals surface area (Å²) in [5, 5.41) is 8.76. The summed E-state index contributed by atoms with van der Waals surface area (Å²) in [5.74, 6) is 0.0256. The maximum atomic E-state index is 12.5. The molecule has 1 unspecified atom stereocenters. The number of nitrogens with one attached hydrogen (secondary N) is 1. The van der Waals surface area contributed by atoms with Gasteiger partial charge in [-0.15, -0.1) is 0 Å². The smallest absolute Gasteiger partial charge is 0.224 e. The van der Waals surface area contributed by atoms with E-state index in [-0.39, 0.29) is 5.91 Å². The van der Waals surface area contributed by atoms with Crippen LogP contribution in [0.5, 0.6) is 0 Å². The van der Waals surface area contributed by atoms with Crippen molar-refractivity contribution in [1.82, 2.24) is 20.0 Å². The molecule has 0 bridgehead atoms. The number of hydrogen-bond donors (Lipinski definition) is 1. The quantitative estimate of drug-likeness (QED) is 0.753. The van der Waals surface area contributed by atoms with Crippen LogP contribution in [0.3, 0.4) is 0 Å². The van der Waals surface area contributed by atoms with Gasteiger partial charge in [0.2, 0.25) is 5.91 Å². The molecule has 1 aromatic carbocycles. The van der Waals surface area contributed by atoms with Crippen LogP contribution in [-0.4, -0.2) is 46.3 Å². The number of carbonyl (C=O) groups is 1. The van der Waals surface area contributed by atoms with Crippen molar-refractivity contribution in [1.29, 1.82) is 0 Å². The lowest BCUT2D eigenvalue weighted by Crippen LogP contribution is -2.42. The second kappa shape index (κ2) is 9.29. The maximum Gasteiger partial charge on any atom is 0.224 e. The molecule has 2 aromatic rings. The largest absolute Gasteiger partial charge is 0.355 e. The van der Waals surface area contributed by atoms with Crippen molar-refractivity contribution in [3.63, 3.8) is 0 Å². The summed E-state index contributed by atoms with van der Waals surface area (Å²) in [4.78, 5) is 14.9. The Balaban J connectivity index is 1.62. The van der Waals surface area contributed by atoms with Gasteiger partial charge in [0.25, 0.3) is 0 Å². The summed E-state index contributed by atoms with van der Waals surface area (Å²) in [7, 11) is 0. The second-order valence-corrected chi connectivity index (χ2v) is 8.41. The lowest BCUT2D eigenvalue weighted by atomic mass is 10.0. The number of aryl methyl sites for hydroxylation is 1. The van der Waals surface area contributed by atoms with Crippen LogP contribution in [-0.2, 0) is 11.2 Å². The maximum absolute atomic E-state index is 12.5. The molecule has 0 saturated carbocycles. The van der Waals surface area contributed by atoms with Crippen LogP contribution >= 0.6 is 23.2 Å². The highest BCUT2D eigenvalue weighted by molar-refractivity contribution is 6.35. The Morgan fingerprint density at radius 2 is 2.07 bits per heavy atom. The SMILES string of the molecule is Cc1nn(-c2ccc(Cl)cc2Cl)c(C)c1CC(=O)NCCN1CCCCC1C. The third-order valence-corrected chi connectivity index (χ3v) is 6.12. The number of aromatic nitrogens is 2. The monoisotopic (exact) mass is 422 g/mol. The Morgan fingerprint density at radius 3 is 2.79 bits per heavy atom. The van der Waals surface area contributed by atoms with Gasteiger partial charge in [-0.05, 0) is 58.4 Å². The summed E-state index contributed by atoms with van der Waals surface area (Å²) in [5.41, 5.74) is 3.46. The van der Waals surface area contributed by atoms with Crippen LogP contribution in [0, 0.1) is 13.8 Å². The van der Waals surface area contributed by atoms with E-state index in [1.165, 1.54) is 19.3 Å². The van der Waals surface area contributed by atoms with Gasteiger partial charge in [-0.1, -0.05) is 29.6 Å². The van der Waals surface area contributed by atoms with E-state index in [1.54, 1.807) is 16.8 Å². The Labute approximate surface area is 177 Å². The molecule has 2 heterocycles. The van der Waals surface area contributed by atoms with Crippen molar-refractivity contribution >= 4 is 29.1 Å². The van der Waals surface area contributed by atoms with Crippen molar-refractivity contribution in [2.45, 2.75) is 52.5 Å². The predicted octanol–water partition coefficient (Wildman–Crippen LogP) is 4.33. The van der Waals surface area contributed by atoms with Crippen LogP contribution in [0.25, 0.3) is 5.69 Å². The standard InChI is InChI=1S/C21H28Cl2N4O/c1-14-6-4-5-10-26(14)11-9-24-21(28)13-18-15(2)25-27(16(18)3)20-8-7-17(22)12-19(20)23/h7-8,12,14H,4-6,9-11,13H2,1-3H3,(H,24,28). The summed E-state index contributed by atoms with van der Waals surface area (Å²) >= 11 is 12.3. The number of piperidine rings is 1. The topological polar surface area (TPSA) is 50.2 Å². The Kier molecular flexibility index (Phi) is 7.02. The minimum Gasteiger partial charge on any atom is -0.355 e. The number of hydrogen-bond acceptors (Lipinski definition) is 3. The zero-order chi connectivity index (χ0) is 20.3. The molecule has 7 heteroatoms. The molecule has 1 saturated heterocycles. The van der Waals surface area contributed by atoms with E-state index in [4.69, 9.17) is 23.2 Å². The third kappa shape index (κ3) is 4.88. The van der Waals surface area contributed by atoms with Crippen LogP contribution in [0.15, 0.2) is 18.2 Å². The predicted molar refractivity (Wildman–Crippen MR) is 115 cm³/mol. The highest BCUT2D eigenvalue weighted by atomic mass is 35.5. The van der Waals surface area contributed by atoms with Crippen molar-refractivity contribution < 1.29 is 4.79 Å². The first-order chi connectivity index (χ1) is 13.4. The second-order valence-electron chi connectivity index (χ2n) is 7.56. The van der Waals surface area contributed by atoms with E-state index >= 15 is 0 Å². The normalized spacial score (nSPS) is 17.7. The molecule has 1 aliphatic heterocycles. The molecule has 1 amide bonds. The number of nitrogens with zero attached hydrogens (tertiary/aromatic N) is 3. The van der Waals surface area contributed by atoms with E-state index in [9.17, 15) is 4.79 Å². The zero-order valence-corrected chi connectivity index (χ0v) is 18.3. The lowest BCUT2D eigenvalue weighted by Gasteiger charge is -2.33. The fraction of sp³-hybridized carbons (Fsp3) is 0.524. The Morgan fingerprint density at radius 1 is 1.29 bits per heavy atom. The first-order valence-electron chi connectivity index (χ1n) is 9.88. The van der Waals surface area contributed by atoms with Gasteiger partial charge in [-0.3, -0.25) is 9.69 Å². The molecular weight excluding hydrogens is 395 g/mol. The molecule has 0 spiro atoms. The number of carbonyl (C=O) groups excluding carboxylic acids is 1. The van der Waals surface area contributed by atoms with Gasteiger partial charge in [0.05, 0.1) is 22.8 Å². The van der Waals surface area contributed by atoms with Crippen LogP contribution < -0.4 is 5.32 Å². The average Bonchev–Trinajstić information content (AvgIpc) is 2.91. The average molecular weight is 423 g/mol. The first-order valence-corrected chi connectivity index (χ1v) is 10.6. The highest BCUT2D eigenvalue weighted by Gasteiger charge is 2.19. The van der Waals surface area contributed by atoms with Crippen LogP contribution in [0.2, 0.25) is 10.0 Å². The third-order valence-electron chi connectivity index (χ3n) is 5.58. The van der Waals surface area contributed by atoms with Crippen molar-refractivity contribution in [3.05, 3.63) is 45.2 Å². The van der Waals surface area contributed by atoms with Crippen LogP contribution in [0.1, 0.15) is 43.1 Å². The molecule has 0 radical (unpaired) electrons. The van der Waals surface area contributed by atoms with E-state index in [0.717, 1.165) is 35.7 Å². The number of amides is 1. The summed E-state index contributed by atoms with van der Waals surface area (Å²) in [6.07, 6.45) is 4.13. The number of rotatable bonds is 6. The van der Waals surface area contributed by atoms with Crippen molar-refractivity contribution in [2.24, 2.45) is 0 Å². The van der Waals surface area contributed by atoms with E-state index in [2.05, 4.69) is 22.2 Å². The van der Waals surface area contributed by atoms with Gasteiger partial charge < -0.3 is 5.32 Å². The van der Waals surface area contributed by atoms with Crippen molar-refractivity contribution in [3.8, 4) is 5.69 Å². The Hall–Kier alpha value is -1.56. The first kappa shape index (κ1) is 21.2. The van der Waals surface area contributed by atoms with Crippen LogP contribution in [0.4, 0.5) is 0 Å². The molecule has 152 valence electrons. The van der Waals surface area contributed by atoms with E-state index < -0.39 is 0 Å². The molecule has 1 fully saturated rings. The zero-order valence-electron chi connectivity index (χ0n) is 16.8. The van der Waals surface area contributed by atoms with Gasteiger partial charge in [0.1, 0.15) is 0 Å². The molecule has 28 heavy (non-hydrogen) atoms. The molecular formula is C21H28Cl2N4O. The fourth-order valence-corrected chi connectivity index (χ4v) is 4.36. The lowest BCUT2D eigenvalue weighted by molar-refractivity contribution is -0.120. The molecule has 1 N–H and O–H groups in total.